The molecule has 0 saturated carbocycles. The first-order chi connectivity index (χ1) is 10.3. The van der Waals surface area contributed by atoms with Gasteiger partial charge in [-0.2, -0.15) is 0 Å². The zero-order valence-electron chi connectivity index (χ0n) is 13.0. The number of hydrogen-bond acceptors (Lipinski definition) is 3. The fraction of sp³-hybridized carbons (Fsp3) is 0.294. The van der Waals surface area contributed by atoms with Gasteiger partial charge in [0, 0.05) is 24.5 Å². The van der Waals surface area contributed by atoms with E-state index in [-0.39, 0.29) is 5.43 Å². The van der Waals surface area contributed by atoms with E-state index in [0.29, 0.717) is 6.54 Å². The second kappa shape index (κ2) is 6.47. The molecule has 116 valence electrons. The predicted molar refractivity (Wildman–Crippen MR) is 85.3 cm³/mol. The molecule has 0 bridgehead atoms. The Morgan fingerprint density at radius 3 is 2.23 bits per heavy atom. The fourth-order valence-corrected chi connectivity index (χ4v) is 1.88. The molecule has 0 aliphatic heterocycles. The molecule has 2 aromatic rings. The van der Waals surface area contributed by atoms with Crippen LogP contribution in [0, 0.1) is 0 Å². The summed E-state index contributed by atoms with van der Waals surface area (Å²) in [4.78, 5) is 23.7. The van der Waals surface area contributed by atoms with Crippen molar-refractivity contribution in [3.8, 4) is 0 Å². The van der Waals surface area contributed by atoms with Gasteiger partial charge in [0.1, 0.15) is 5.60 Å². The van der Waals surface area contributed by atoms with Crippen molar-refractivity contribution in [2.24, 2.45) is 0 Å². The smallest absolute Gasteiger partial charge is 0.429 e. The Morgan fingerprint density at radius 1 is 1.09 bits per heavy atom. The first-order valence-corrected chi connectivity index (χ1v) is 7.08. The highest BCUT2D eigenvalue weighted by Crippen LogP contribution is 2.12. The Labute approximate surface area is 129 Å². The summed E-state index contributed by atoms with van der Waals surface area (Å²) in [7, 11) is 0. The van der Waals surface area contributed by atoms with Gasteiger partial charge in [-0.1, -0.05) is 30.3 Å². The van der Waals surface area contributed by atoms with E-state index in [0.717, 1.165) is 5.56 Å². The van der Waals surface area contributed by atoms with Gasteiger partial charge in [-0.15, -0.1) is 0 Å². The van der Waals surface area contributed by atoms with E-state index in [9.17, 15) is 9.59 Å². The molecule has 1 aromatic heterocycles. The van der Waals surface area contributed by atoms with Crippen molar-refractivity contribution in [3.63, 3.8) is 0 Å². The highest BCUT2D eigenvalue weighted by molar-refractivity contribution is 5.78. The number of carbonyl (C=O) groups excluding carboxylic acids is 1. The molecule has 0 atom stereocenters. The van der Waals surface area contributed by atoms with Gasteiger partial charge >= 0.3 is 6.09 Å². The standard InChI is InChI=1S/C17H20N2O3/c1-17(2,3)22-16(21)19(13-14-7-5-4-6-8-14)18-11-9-15(20)10-12-18/h4-12H,13H2,1-3H3. The van der Waals surface area contributed by atoms with Gasteiger partial charge in [-0.25, -0.2) is 9.80 Å². The number of ether oxygens (including phenoxy) is 1. The number of pyridine rings is 1. The lowest BCUT2D eigenvalue weighted by molar-refractivity contribution is 0.0534. The maximum absolute atomic E-state index is 12.5. The quantitative estimate of drug-likeness (QED) is 0.875. The average Bonchev–Trinajstić information content (AvgIpc) is 2.45. The Kier molecular flexibility index (Phi) is 4.65. The molecule has 5 heteroatoms. The number of rotatable bonds is 3. The SMILES string of the molecule is CC(C)(C)OC(=O)N(Cc1ccccc1)n1ccc(=O)cc1. The molecule has 1 amide bonds. The summed E-state index contributed by atoms with van der Waals surface area (Å²) >= 11 is 0. The molecule has 5 nitrogen and oxygen atoms in total. The zero-order valence-corrected chi connectivity index (χ0v) is 13.0. The van der Waals surface area contributed by atoms with Gasteiger partial charge in [0.25, 0.3) is 0 Å². The lowest BCUT2D eigenvalue weighted by atomic mass is 10.2. The molecule has 0 radical (unpaired) electrons. The van der Waals surface area contributed by atoms with Crippen molar-refractivity contribution in [2.75, 3.05) is 5.01 Å². The second-order valence-electron chi connectivity index (χ2n) is 5.94. The predicted octanol–water partition coefficient (Wildman–Crippen LogP) is 2.92. The molecule has 0 N–H and O–H groups in total. The van der Waals surface area contributed by atoms with E-state index >= 15 is 0 Å². The topological polar surface area (TPSA) is 51.5 Å². The van der Waals surface area contributed by atoms with E-state index in [1.807, 2.05) is 51.1 Å². The van der Waals surface area contributed by atoms with Crippen molar-refractivity contribution in [2.45, 2.75) is 32.9 Å². The minimum absolute atomic E-state index is 0.111. The minimum Gasteiger partial charge on any atom is -0.442 e. The molecule has 0 spiro atoms. The molecule has 0 fully saturated rings. The molecular formula is C17H20N2O3. The third kappa shape index (κ3) is 4.48. The van der Waals surface area contributed by atoms with E-state index in [1.54, 1.807) is 17.1 Å². The van der Waals surface area contributed by atoms with Crippen LogP contribution in [0.4, 0.5) is 4.79 Å². The first kappa shape index (κ1) is 15.8. The van der Waals surface area contributed by atoms with Crippen molar-refractivity contribution >= 4 is 6.09 Å². The van der Waals surface area contributed by atoms with Crippen molar-refractivity contribution in [3.05, 3.63) is 70.6 Å². The molecule has 0 aliphatic rings. The largest absolute Gasteiger partial charge is 0.442 e. The Morgan fingerprint density at radius 2 is 1.68 bits per heavy atom. The van der Waals surface area contributed by atoms with Crippen LogP contribution in [-0.4, -0.2) is 16.4 Å². The van der Waals surface area contributed by atoms with Crippen molar-refractivity contribution < 1.29 is 9.53 Å². The number of nitrogens with zero attached hydrogens (tertiary/aromatic N) is 2. The monoisotopic (exact) mass is 300 g/mol. The van der Waals surface area contributed by atoms with Crippen LogP contribution in [0.5, 0.6) is 0 Å². The summed E-state index contributed by atoms with van der Waals surface area (Å²) in [6.07, 6.45) is 2.63. The molecule has 22 heavy (non-hydrogen) atoms. The summed E-state index contributed by atoms with van der Waals surface area (Å²) in [6.45, 7) is 5.80. The van der Waals surface area contributed by atoms with Crippen LogP contribution < -0.4 is 10.4 Å². The van der Waals surface area contributed by atoms with Gasteiger partial charge < -0.3 is 4.74 Å². The van der Waals surface area contributed by atoms with Gasteiger partial charge in [0.05, 0.1) is 6.54 Å². The van der Waals surface area contributed by atoms with E-state index < -0.39 is 11.7 Å². The number of carbonyl (C=O) groups is 1. The molecule has 1 heterocycles. The van der Waals surface area contributed by atoms with Crippen LogP contribution in [0.25, 0.3) is 0 Å². The highest BCUT2D eigenvalue weighted by Gasteiger charge is 2.23. The third-order valence-electron chi connectivity index (χ3n) is 2.84. The van der Waals surface area contributed by atoms with Crippen LogP contribution in [0.1, 0.15) is 26.3 Å². The van der Waals surface area contributed by atoms with E-state index in [1.165, 1.54) is 17.1 Å². The van der Waals surface area contributed by atoms with Crippen LogP contribution >= 0.6 is 0 Å². The van der Waals surface area contributed by atoms with Crippen LogP contribution in [0.3, 0.4) is 0 Å². The first-order valence-electron chi connectivity index (χ1n) is 7.08. The minimum atomic E-state index is -0.592. The van der Waals surface area contributed by atoms with Gasteiger partial charge in [-0.3, -0.25) is 9.47 Å². The van der Waals surface area contributed by atoms with Crippen LogP contribution in [0.2, 0.25) is 0 Å². The number of aromatic nitrogens is 1. The molecule has 1 aromatic carbocycles. The zero-order chi connectivity index (χ0) is 16.2. The van der Waals surface area contributed by atoms with Crippen molar-refractivity contribution in [1.29, 1.82) is 0 Å². The molecule has 0 unspecified atom stereocenters. The Bertz CT molecular complexity index is 667. The van der Waals surface area contributed by atoms with Crippen LogP contribution in [-0.2, 0) is 11.3 Å². The Hall–Kier alpha value is -2.56. The summed E-state index contributed by atoms with van der Waals surface area (Å²) in [5.41, 5.74) is 0.262. The highest BCUT2D eigenvalue weighted by atomic mass is 16.6. The molecule has 2 rings (SSSR count). The summed E-state index contributed by atoms with van der Waals surface area (Å²) in [6, 6.07) is 12.4. The molecule has 0 aliphatic carbocycles. The molecular weight excluding hydrogens is 280 g/mol. The summed E-state index contributed by atoms with van der Waals surface area (Å²) < 4.78 is 7.00. The maximum Gasteiger partial charge on any atom is 0.429 e. The van der Waals surface area contributed by atoms with E-state index in [2.05, 4.69) is 0 Å². The number of benzene rings is 1. The molecule has 0 saturated heterocycles. The maximum atomic E-state index is 12.5. The number of amides is 1. The number of hydrogen-bond donors (Lipinski definition) is 0. The third-order valence-corrected chi connectivity index (χ3v) is 2.84. The van der Waals surface area contributed by atoms with E-state index in [4.69, 9.17) is 4.74 Å². The summed E-state index contributed by atoms with van der Waals surface area (Å²) in [5.74, 6) is 0. The lowest BCUT2D eigenvalue weighted by Crippen LogP contribution is -2.43. The normalized spacial score (nSPS) is 11.0. The average molecular weight is 300 g/mol. The van der Waals surface area contributed by atoms with Gasteiger partial charge in [0.15, 0.2) is 5.43 Å². The second-order valence-corrected chi connectivity index (χ2v) is 5.94. The van der Waals surface area contributed by atoms with Crippen molar-refractivity contribution in [1.82, 2.24) is 4.68 Å². The Balaban J connectivity index is 2.29. The van der Waals surface area contributed by atoms with Crippen LogP contribution in [0.15, 0.2) is 59.7 Å². The fourth-order valence-electron chi connectivity index (χ4n) is 1.88. The van der Waals surface area contributed by atoms with Gasteiger partial charge in [-0.05, 0) is 26.3 Å². The summed E-state index contributed by atoms with van der Waals surface area (Å²) in [5, 5.41) is 1.44. The van der Waals surface area contributed by atoms with Gasteiger partial charge in [0.2, 0.25) is 0 Å². The lowest BCUT2D eigenvalue weighted by Gasteiger charge is -2.28.